The van der Waals surface area contributed by atoms with Crippen LogP contribution in [-0.2, 0) is 11.8 Å². The lowest BCUT2D eigenvalue weighted by Gasteiger charge is -2.04. The molecule has 2 aromatic heterocycles. The van der Waals surface area contributed by atoms with Crippen molar-refractivity contribution in [1.82, 2.24) is 9.55 Å². The van der Waals surface area contributed by atoms with Crippen LogP contribution in [0.2, 0.25) is 0 Å². The molecule has 0 aliphatic rings. The number of furan rings is 1. The zero-order valence-corrected chi connectivity index (χ0v) is 12.7. The number of amides is 1. The third-order valence-electron chi connectivity index (χ3n) is 3.56. The molecule has 114 valence electrons. The van der Waals surface area contributed by atoms with Crippen molar-refractivity contribution in [2.45, 2.75) is 6.92 Å². The second kappa shape index (κ2) is 5.81. The van der Waals surface area contributed by atoms with Crippen molar-refractivity contribution >= 4 is 28.7 Å². The molecule has 6 nitrogen and oxygen atoms in total. The summed E-state index contributed by atoms with van der Waals surface area (Å²) in [7, 11) is 1.93. The van der Waals surface area contributed by atoms with Gasteiger partial charge >= 0.3 is 0 Å². The number of nitriles is 1. The van der Waals surface area contributed by atoms with E-state index in [1.165, 1.54) is 12.3 Å². The summed E-state index contributed by atoms with van der Waals surface area (Å²) < 4.78 is 7.09. The molecular weight excluding hydrogens is 292 g/mol. The van der Waals surface area contributed by atoms with Gasteiger partial charge in [-0.25, -0.2) is 4.98 Å². The number of nitrogens with zero attached hydrogens (tertiary/aromatic N) is 3. The van der Waals surface area contributed by atoms with Crippen molar-refractivity contribution in [2.75, 3.05) is 5.32 Å². The van der Waals surface area contributed by atoms with Crippen molar-refractivity contribution in [1.29, 1.82) is 5.26 Å². The van der Waals surface area contributed by atoms with Gasteiger partial charge in [0.1, 0.15) is 23.2 Å². The quantitative estimate of drug-likeness (QED) is 0.595. The van der Waals surface area contributed by atoms with E-state index in [1.807, 2.05) is 30.7 Å². The normalized spacial score (nSPS) is 11.4. The molecule has 0 saturated heterocycles. The average molecular weight is 306 g/mol. The summed E-state index contributed by atoms with van der Waals surface area (Å²) >= 11 is 0. The minimum absolute atomic E-state index is 0.0303. The molecule has 1 aromatic carbocycles. The molecule has 1 N–H and O–H groups in total. The fourth-order valence-corrected chi connectivity index (χ4v) is 2.26. The maximum atomic E-state index is 12.2. The van der Waals surface area contributed by atoms with E-state index < -0.39 is 5.91 Å². The van der Waals surface area contributed by atoms with Gasteiger partial charge in [0.25, 0.3) is 5.91 Å². The first-order valence-electron chi connectivity index (χ1n) is 6.98. The van der Waals surface area contributed by atoms with Crippen LogP contribution in [0, 0.1) is 18.3 Å². The van der Waals surface area contributed by atoms with Crippen LogP contribution in [-0.4, -0.2) is 15.5 Å². The van der Waals surface area contributed by atoms with Crippen LogP contribution in [0.1, 0.15) is 11.6 Å². The van der Waals surface area contributed by atoms with Gasteiger partial charge in [-0.2, -0.15) is 5.26 Å². The minimum Gasteiger partial charge on any atom is -0.465 e. The lowest BCUT2D eigenvalue weighted by atomic mass is 10.2. The highest BCUT2D eigenvalue weighted by Crippen LogP contribution is 2.20. The lowest BCUT2D eigenvalue weighted by molar-refractivity contribution is -0.112. The molecule has 0 bridgehead atoms. The molecule has 0 saturated carbocycles. The Labute approximate surface area is 132 Å². The maximum absolute atomic E-state index is 12.2. The number of imidazole rings is 1. The van der Waals surface area contributed by atoms with Gasteiger partial charge in [0.05, 0.1) is 17.3 Å². The van der Waals surface area contributed by atoms with E-state index >= 15 is 0 Å². The number of benzene rings is 1. The van der Waals surface area contributed by atoms with E-state index in [9.17, 15) is 4.79 Å². The van der Waals surface area contributed by atoms with E-state index in [0.29, 0.717) is 11.4 Å². The summed E-state index contributed by atoms with van der Waals surface area (Å²) in [5, 5.41) is 11.9. The molecule has 3 aromatic rings. The summed E-state index contributed by atoms with van der Waals surface area (Å²) in [5.74, 6) is 0.849. The molecule has 2 heterocycles. The lowest BCUT2D eigenvalue weighted by Crippen LogP contribution is -2.13. The van der Waals surface area contributed by atoms with Gasteiger partial charge in [-0.3, -0.25) is 4.79 Å². The molecule has 0 aliphatic heterocycles. The Morgan fingerprint density at radius 3 is 2.96 bits per heavy atom. The molecule has 3 rings (SSSR count). The van der Waals surface area contributed by atoms with Crippen LogP contribution in [0.5, 0.6) is 0 Å². The van der Waals surface area contributed by atoms with Gasteiger partial charge in [0.15, 0.2) is 0 Å². The number of hydrogen-bond acceptors (Lipinski definition) is 4. The van der Waals surface area contributed by atoms with Gasteiger partial charge in [0.2, 0.25) is 0 Å². The predicted molar refractivity (Wildman–Crippen MR) is 86.4 cm³/mol. The van der Waals surface area contributed by atoms with Gasteiger partial charge < -0.3 is 14.3 Å². The first-order valence-corrected chi connectivity index (χ1v) is 6.98. The van der Waals surface area contributed by atoms with Crippen molar-refractivity contribution < 1.29 is 9.21 Å². The van der Waals surface area contributed by atoms with Gasteiger partial charge in [0, 0.05) is 18.8 Å². The third kappa shape index (κ3) is 2.85. The molecule has 0 unspecified atom stereocenters. The van der Waals surface area contributed by atoms with E-state index in [2.05, 4.69) is 10.3 Å². The van der Waals surface area contributed by atoms with Crippen molar-refractivity contribution in [3.63, 3.8) is 0 Å². The Bertz CT molecular complexity index is 943. The highest BCUT2D eigenvalue weighted by Gasteiger charge is 2.12. The van der Waals surface area contributed by atoms with Crippen LogP contribution in [0.4, 0.5) is 5.69 Å². The number of hydrogen-bond donors (Lipinski definition) is 1. The Hall–Kier alpha value is -3.33. The maximum Gasteiger partial charge on any atom is 0.266 e. The van der Waals surface area contributed by atoms with Gasteiger partial charge in [-0.1, -0.05) is 0 Å². The molecule has 23 heavy (non-hydrogen) atoms. The van der Waals surface area contributed by atoms with E-state index in [4.69, 9.17) is 9.68 Å². The fourth-order valence-electron chi connectivity index (χ4n) is 2.26. The van der Waals surface area contributed by atoms with E-state index in [-0.39, 0.29) is 5.57 Å². The van der Waals surface area contributed by atoms with E-state index in [0.717, 1.165) is 16.9 Å². The SMILES string of the molecule is Cc1nc2cc(NC(=O)C(C#N)=Cc3ccco3)ccc2n1C. The number of aromatic nitrogens is 2. The van der Waals surface area contributed by atoms with Crippen LogP contribution < -0.4 is 5.32 Å². The Balaban J connectivity index is 1.86. The number of nitrogens with one attached hydrogen (secondary N) is 1. The van der Waals surface area contributed by atoms with Gasteiger partial charge in [-0.05, 0) is 37.3 Å². The first kappa shape index (κ1) is 14.6. The number of aryl methyl sites for hydroxylation is 2. The average Bonchev–Trinajstić information content (AvgIpc) is 3.13. The van der Waals surface area contributed by atoms with Gasteiger partial charge in [-0.15, -0.1) is 0 Å². The Morgan fingerprint density at radius 2 is 2.26 bits per heavy atom. The second-order valence-corrected chi connectivity index (χ2v) is 5.06. The predicted octanol–water partition coefficient (Wildman–Crippen LogP) is 3.02. The number of anilines is 1. The fraction of sp³-hybridized carbons (Fsp3) is 0.118. The zero-order chi connectivity index (χ0) is 16.4. The third-order valence-corrected chi connectivity index (χ3v) is 3.56. The van der Waals surface area contributed by atoms with Crippen molar-refractivity contribution in [3.8, 4) is 6.07 Å². The summed E-state index contributed by atoms with van der Waals surface area (Å²) in [6.45, 7) is 1.91. The Kier molecular flexibility index (Phi) is 3.69. The second-order valence-electron chi connectivity index (χ2n) is 5.06. The molecule has 0 aliphatic carbocycles. The summed E-state index contributed by atoms with van der Waals surface area (Å²) in [6.07, 6.45) is 2.88. The number of carbonyl (C=O) groups excluding carboxylic acids is 1. The van der Waals surface area contributed by atoms with Crippen LogP contribution >= 0.6 is 0 Å². The summed E-state index contributed by atoms with van der Waals surface area (Å²) in [6, 6.07) is 10.7. The molecule has 0 atom stereocenters. The number of rotatable bonds is 3. The molecule has 0 fully saturated rings. The number of fused-ring (bicyclic) bond motifs is 1. The zero-order valence-electron chi connectivity index (χ0n) is 12.7. The highest BCUT2D eigenvalue weighted by atomic mass is 16.3. The smallest absolute Gasteiger partial charge is 0.266 e. The summed E-state index contributed by atoms with van der Waals surface area (Å²) in [5.41, 5.74) is 2.32. The Morgan fingerprint density at radius 1 is 1.43 bits per heavy atom. The topological polar surface area (TPSA) is 83.8 Å². The number of carbonyl (C=O) groups is 1. The van der Waals surface area contributed by atoms with Crippen LogP contribution in [0.15, 0.2) is 46.6 Å². The van der Waals surface area contributed by atoms with E-state index in [1.54, 1.807) is 24.3 Å². The molecule has 0 spiro atoms. The monoisotopic (exact) mass is 306 g/mol. The molecule has 0 radical (unpaired) electrons. The first-order chi connectivity index (χ1) is 11.1. The van der Waals surface area contributed by atoms with Crippen molar-refractivity contribution in [3.05, 3.63) is 53.8 Å². The molecule has 6 heteroatoms. The van der Waals surface area contributed by atoms with Crippen molar-refractivity contribution in [2.24, 2.45) is 7.05 Å². The summed E-state index contributed by atoms with van der Waals surface area (Å²) in [4.78, 5) is 16.6. The minimum atomic E-state index is -0.490. The largest absolute Gasteiger partial charge is 0.465 e. The highest BCUT2D eigenvalue weighted by molar-refractivity contribution is 6.09. The van der Waals surface area contributed by atoms with Crippen LogP contribution in [0.3, 0.4) is 0 Å². The standard InChI is InChI=1S/C17H14N4O2/c1-11-19-15-9-13(5-6-16(15)21(11)2)20-17(22)12(10-18)8-14-4-3-7-23-14/h3-9H,1-2H3,(H,20,22). The van der Waals surface area contributed by atoms with Crippen LogP contribution in [0.25, 0.3) is 17.1 Å². The molecule has 1 amide bonds. The molecular formula is C17H14N4O2.